The van der Waals surface area contributed by atoms with E-state index in [1.165, 1.54) is 0 Å². The van der Waals surface area contributed by atoms with E-state index in [0.717, 1.165) is 21.3 Å². The van der Waals surface area contributed by atoms with E-state index < -0.39 is 0 Å². The van der Waals surface area contributed by atoms with Gasteiger partial charge in [0.15, 0.2) is 0 Å². The Morgan fingerprint density at radius 3 is 2.55 bits per heavy atom. The molecule has 0 aliphatic rings. The minimum absolute atomic E-state index is 0.181. The fourth-order valence-corrected chi connectivity index (χ4v) is 2.51. The van der Waals surface area contributed by atoms with E-state index in [9.17, 15) is 0 Å². The van der Waals surface area contributed by atoms with E-state index in [1.807, 2.05) is 24.3 Å². The molecule has 3 N–H and O–H groups in total. The van der Waals surface area contributed by atoms with Crippen molar-refractivity contribution in [1.82, 2.24) is 10.4 Å². The van der Waals surface area contributed by atoms with Gasteiger partial charge in [-0.15, -0.1) is 0 Å². The van der Waals surface area contributed by atoms with Gasteiger partial charge >= 0.3 is 0 Å². The standard InChI is InChI=1S/C14H16BrN3O2/c1-19-11-5-10(7-17-8-11)14(18-16)9-3-4-13(20-2)12(15)6-9/h3-8,14,18H,16H2,1-2H3. The molecule has 0 aliphatic carbocycles. The van der Waals surface area contributed by atoms with Gasteiger partial charge in [0.25, 0.3) is 0 Å². The van der Waals surface area contributed by atoms with Crippen molar-refractivity contribution in [2.45, 2.75) is 6.04 Å². The van der Waals surface area contributed by atoms with Crippen molar-refractivity contribution in [2.24, 2.45) is 5.84 Å². The average Bonchev–Trinajstić information content (AvgIpc) is 2.48. The summed E-state index contributed by atoms with van der Waals surface area (Å²) in [7, 11) is 3.24. The van der Waals surface area contributed by atoms with Crippen LogP contribution in [0.1, 0.15) is 17.2 Å². The summed E-state index contributed by atoms with van der Waals surface area (Å²) in [5, 5.41) is 0. The van der Waals surface area contributed by atoms with Crippen LogP contribution in [-0.2, 0) is 0 Å². The number of aromatic nitrogens is 1. The van der Waals surface area contributed by atoms with E-state index in [-0.39, 0.29) is 6.04 Å². The summed E-state index contributed by atoms with van der Waals surface area (Å²) in [6.07, 6.45) is 3.41. The zero-order valence-corrected chi connectivity index (χ0v) is 12.8. The molecule has 0 fully saturated rings. The molecule has 0 amide bonds. The van der Waals surface area contributed by atoms with Crippen molar-refractivity contribution < 1.29 is 9.47 Å². The van der Waals surface area contributed by atoms with Crippen molar-refractivity contribution in [3.63, 3.8) is 0 Å². The van der Waals surface area contributed by atoms with Gasteiger partial charge in [0.2, 0.25) is 0 Å². The number of pyridine rings is 1. The van der Waals surface area contributed by atoms with Crippen LogP contribution in [0.4, 0.5) is 0 Å². The third-order valence-electron chi connectivity index (χ3n) is 2.98. The van der Waals surface area contributed by atoms with Crippen LogP contribution in [0.25, 0.3) is 0 Å². The lowest BCUT2D eigenvalue weighted by Gasteiger charge is -2.18. The normalized spacial score (nSPS) is 12.0. The molecule has 106 valence electrons. The fraction of sp³-hybridized carbons (Fsp3) is 0.214. The largest absolute Gasteiger partial charge is 0.496 e. The minimum Gasteiger partial charge on any atom is -0.496 e. The molecule has 1 atom stereocenters. The zero-order valence-electron chi connectivity index (χ0n) is 11.3. The van der Waals surface area contributed by atoms with E-state index in [2.05, 4.69) is 26.3 Å². The number of rotatable bonds is 5. The molecule has 0 aliphatic heterocycles. The lowest BCUT2D eigenvalue weighted by Crippen LogP contribution is -2.29. The van der Waals surface area contributed by atoms with Crippen LogP contribution in [0, 0.1) is 0 Å². The predicted octanol–water partition coefficient (Wildman–Crippen LogP) is 2.41. The number of nitrogens with zero attached hydrogens (tertiary/aromatic N) is 1. The first-order valence-electron chi connectivity index (χ1n) is 5.98. The number of benzene rings is 1. The SMILES string of the molecule is COc1cncc(C(NN)c2ccc(OC)c(Br)c2)c1. The molecule has 1 aromatic carbocycles. The van der Waals surface area contributed by atoms with Crippen LogP contribution in [-0.4, -0.2) is 19.2 Å². The maximum atomic E-state index is 5.68. The molecular weight excluding hydrogens is 322 g/mol. The summed E-state index contributed by atoms with van der Waals surface area (Å²) in [6, 6.07) is 7.52. The number of halogens is 1. The summed E-state index contributed by atoms with van der Waals surface area (Å²) >= 11 is 3.47. The van der Waals surface area contributed by atoms with Gasteiger partial charge in [0, 0.05) is 6.20 Å². The Balaban J connectivity index is 2.38. The van der Waals surface area contributed by atoms with E-state index in [0.29, 0.717) is 5.75 Å². The van der Waals surface area contributed by atoms with E-state index in [1.54, 1.807) is 26.6 Å². The number of hydrogen-bond acceptors (Lipinski definition) is 5. The van der Waals surface area contributed by atoms with Crippen LogP contribution in [0.3, 0.4) is 0 Å². The third-order valence-corrected chi connectivity index (χ3v) is 3.60. The Morgan fingerprint density at radius 2 is 1.95 bits per heavy atom. The van der Waals surface area contributed by atoms with Gasteiger partial charge in [0.05, 0.1) is 30.9 Å². The Bertz CT molecular complexity index is 592. The maximum absolute atomic E-state index is 5.68. The number of ether oxygens (including phenoxy) is 2. The molecule has 0 saturated carbocycles. The van der Waals surface area contributed by atoms with Crippen molar-refractivity contribution in [2.75, 3.05) is 14.2 Å². The van der Waals surface area contributed by atoms with Gasteiger partial charge in [-0.25, -0.2) is 5.43 Å². The molecule has 1 heterocycles. The third kappa shape index (κ3) is 3.09. The molecule has 0 bridgehead atoms. The molecule has 2 aromatic rings. The number of nitrogens with two attached hydrogens (primary N) is 1. The number of hydrazine groups is 1. The second-order valence-electron chi connectivity index (χ2n) is 4.15. The van der Waals surface area contributed by atoms with Gasteiger partial charge in [0.1, 0.15) is 11.5 Å². The lowest BCUT2D eigenvalue weighted by molar-refractivity contribution is 0.410. The van der Waals surface area contributed by atoms with Crippen molar-refractivity contribution in [3.8, 4) is 11.5 Å². The Hall–Kier alpha value is -1.63. The molecular formula is C14H16BrN3O2. The Kier molecular flexibility index (Phi) is 4.94. The Morgan fingerprint density at radius 1 is 1.15 bits per heavy atom. The van der Waals surface area contributed by atoms with Crippen LogP contribution in [0.15, 0.2) is 41.1 Å². The van der Waals surface area contributed by atoms with E-state index >= 15 is 0 Å². The first-order chi connectivity index (χ1) is 9.69. The van der Waals surface area contributed by atoms with Gasteiger partial charge < -0.3 is 9.47 Å². The van der Waals surface area contributed by atoms with Crippen LogP contribution in [0.5, 0.6) is 11.5 Å². The summed E-state index contributed by atoms with van der Waals surface area (Å²) in [5.41, 5.74) is 4.71. The summed E-state index contributed by atoms with van der Waals surface area (Å²) in [6.45, 7) is 0. The van der Waals surface area contributed by atoms with Crippen LogP contribution < -0.4 is 20.7 Å². The smallest absolute Gasteiger partial charge is 0.137 e. The van der Waals surface area contributed by atoms with Crippen molar-refractivity contribution in [1.29, 1.82) is 0 Å². The number of hydrogen-bond donors (Lipinski definition) is 2. The van der Waals surface area contributed by atoms with Crippen molar-refractivity contribution >= 4 is 15.9 Å². The van der Waals surface area contributed by atoms with Gasteiger partial charge in [-0.3, -0.25) is 10.8 Å². The molecule has 2 rings (SSSR count). The topological polar surface area (TPSA) is 69.4 Å². The predicted molar refractivity (Wildman–Crippen MR) is 80.6 cm³/mol. The number of nitrogens with one attached hydrogen (secondary N) is 1. The van der Waals surface area contributed by atoms with Gasteiger partial charge in [-0.05, 0) is 45.3 Å². The lowest BCUT2D eigenvalue weighted by atomic mass is 10.0. The van der Waals surface area contributed by atoms with Crippen LogP contribution in [0.2, 0.25) is 0 Å². The highest BCUT2D eigenvalue weighted by molar-refractivity contribution is 9.10. The summed E-state index contributed by atoms with van der Waals surface area (Å²) < 4.78 is 11.3. The van der Waals surface area contributed by atoms with Gasteiger partial charge in [-0.2, -0.15) is 0 Å². The number of methoxy groups -OCH3 is 2. The first kappa shape index (κ1) is 14.8. The minimum atomic E-state index is -0.181. The van der Waals surface area contributed by atoms with Crippen molar-refractivity contribution in [3.05, 3.63) is 52.3 Å². The highest BCUT2D eigenvalue weighted by Crippen LogP contribution is 2.30. The highest BCUT2D eigenvalue weighted by Gasteiger charge is 2.15. The summed E-state index contributed by atoms with van der Waals surface area (Å²) in [5.74, 6) is 7.15. The molecule has 0 spiro atoms. The monoisotopic (exact) mass is 337 g/mol. The fourth-order valence-electron chi connectivity index (χ4n) is 1.95. The van der Waals surface area contributed by atoms with Gasteiger partial charge in [-0.1, -0.05) is 6.07 Å². The first-order valence-corrected chi connectivity index (χ1v) is 6.77. The molecule has 0 saturated heterocycles. The second-order valence-corrected chi connectivity index (χ2v) is 5.01. The molecule has 20 heavy (non-hydrogen) atoms. The van der Waals surface area contributed by atoms with E-state index in [4.69, 9.17) is 15.3 Å². The maximum Gasteiger partial charge on any atom is 0.137 e. The molecule has 5 nitrogen and oxygen atoms in total. The molecule has 6 heteroatoms. The van der Waals surface area contributed by atoms with Crippen LogP contribution >= 0.6 is 15.9 Å². The average molecular weight is 338 g/mol. The Labute approximate surface area is 126 Å². The molecule has 1 unspecified atom stereocenters. The molecule has 1 aromatic heterocycles. The molecule has 0 radical (unpaired) electrons. The highest BCUT2D eigenvalue weighted by atomic mass is 79.9. The summed E-state index contributed by atoms with van der Waals surface area (Å²) in [4.78, 5) is 4.15. The second kappa shape index (κ2) is 6.69. The zero-order chi connectivity index (χ0) is 14.5. The quantitative estimate of drug-likeness (QED) is 0.647.